The lowest BCUT2D eigenvalue weighted by Crippen LogP contribution is -2.46. The third kappa shape index (κ3) is 4.96. The molecule has 1 aliphatic heterocycles. The third-order valence-electron chi connectivity index (χ3n) is 7.28. The van der Waals surface area contributed by atoms with Gasteiger partial charge in [-0.25, -0.2) is 23.4 Å². The fourth-order valence-electron chi connectivity index (χ4n) is 4.48. The van der Waals surface area contributed by atoms with Crippen molar-refractivity contribution in [2.45, 2.75) is 45.3 Å². The van der Waals surface area contributed by atoms with Crippen LogP contribution in [-0.4, -0.2) is 71.6 Å². The Morgan fingerprint density at radius 1 is 0.974 bits per heavy atom. The van der Waals surface area contributed by atoms with E-state index in [-0.39, 0.29) is 11.5 Å². The number of pyridine rings is 1. The van der Waals surface area contributed by atoms with Gasteiger partial charge in [0, 0.05) is 50.0 Å². The fraction of sp³-hybridized carbons (Fsp3) is 0.407. The summed E-state index contributed by atoms with van der Waals surface area (Å²) >= 11 is 0. The molecule has 0 spiro atoms. The maximum Gasteiger partial charge on any atom is 0.181 e. The van der Waals surface area contributed by atoms with Crippen molar-refractivity contribution in [3.63, 3.8) is 0 Å². The summed E-state index contributed by atoms with van der Waals surface area (Å²) in [6.07, 6.45) is 4.64. The van der Waals surface area contributed by atoms with Crippen LogP contribution in [0, 0.1) is 5.82 Å². The van der Waals surface area contributed by atoms with Crippen molar-refractivity contribution in [1.82, 2.24) is 29.6 Å². The van der Waals surface area contributed by atoms with Gasteiger partial charge in [-0.05, 0) is 32.9 Å². The number of benzene rings is 1. The molecule has 0 bridgehead atoms. The van der Waals surface area contributed by atoms with E-state index in [1.807, 2.05) is 6.07 Å². The van der Waals surface area contributed by atoms with E-state index in [1.165, 1.54) is 37.7 Å². The normalized spacial score (nSPS) is 16.7. The summed E-state index contributed by atoms with van der Waals surface area (Å²) in [6.45, 7) is 6.91. The van der Waals surface area contributed by atoms with Crippen LogP contribution in [0.3, 0.4) is 0 Å². The number of aliphatic hydroxyl groups is 2. The Labute approximate surface area is 219 Å². The highest BCUT2D eigenvalue weighted by Crippen LogP contribution is 2.34. The molecule has 1 saturated heterocycles. The van der Waals surface area contributed by atoms with Crippen molar-refractivity contribution in [3.8, 4) is 11.3 Å². The van der Waals surface area contributed by atoms with Crippen molar-refractivity contribution in [2.75, 3.05) is 31.1 Å². The predicted molar refractivity (Wildman–Crippen MR) is 139 cm³/mol. The molecule has 0 radical (unpaired) electrons. The van der Waals surface area contributed by atoms with Gasteiger partial charge in [-0.2, -0.15) is 5.10 Å². The molecule has 2 N–H and O–H groups in total. The van der Waals surface area contributed by atoms with Gasteiger partial charge < -0.3 is 15.1 Å². The lowest BCUT2D eigenvalue weighted by molar-refractivity contribution is -0.127. The highest BCUT2D eigenvalue weighted by atomic mass is 19.1. The largest absolute Gasteiger partial charge is 0.387 e. The zero-order valence-electron chi connectivity index (χ0n) is 21.6. The summed E-state index contributed by atoms with van der Waals surface area (Å²) in [6, 6.07) is 8.42. The zero-order valence-corrected chi connectivity index (χ0v) is 21.6. The Balaban J connectivity index is 1.49. The molecule has 3 aromatic heterocycles. The van der Waals surface area contributed by atoms with Gasteiger partial charge in [-0.3, -0.25) is 9.88 Å². The molecule has 1 fully saturated rings. The van der Waals surface area contributed by atoms with E-state index in [0.717, 1.165) is 0 Å². The van der Waals surface area contributed by atoms with Crippen molar-refractivity contribution >= 4 is 16.9 Å². The molecule has 11 heteroatoms. The molecule has 4 aromatic rings. The molecule has 5 rings (SSSR count). The number of aromatic nitrogens is 5. The Morgan fingerprint density at radius 2 is 1.71 bits per heavy atom. The summed E-state index contributed by atoms with van der Waals surface area (Å²) in [5.74, 6) is 0.385. The molecule has 38 heavy (non-hydrogen) atoms. The number of piperazine rings is 1. The smallest absolute Gasteiger partial charge is 0.181 e. The van der Waals surface area contributed by atoms with Crippen molar-refractivity contribution in [3.05, 3.63) is 66.0 Å². The van der Waals surface area contributed by atoms with Crippen molar-refractivity contribution in [1.29, 1.82) is 0 Å². The van der Waals surface area contributed by atoms with Crippen LogP contribution in [-0.2, 0) is 18.9 Å². The van der Waals surface area contributed by atoms with Crippen LogP contribution in [0.15, 0.2) is 48.9 Å². The van der Waals surface area contributed by atoms with Crippen LogP contribution < -0.4 is 4.90 Å². The average Bonchev–Trinajstić information content (AvgIpc) is 3.38. The first kappa shape index (κ1) is 26.1. The van der Waals surface area contributed by atoms with Gasteiger partial charge in [0.15, 0.2) is 12.6 Å². The summed E-state index contributed by atoms with van der Waals surface area (Å²) in [4.78, 5) is 18.4. The number of fused-ring (bicyclic) bond motifs is 1. The van der Waals surface area contributed by atoms with E-state index < -0.39 is 18.0 Å². The topological polar surface area (TPSA) is 103 Å². The van der Waals surface area contributed by atoms with E-state index in [4.69, 9.17) is 9.97 Å². The van der Waals surface area contributed by atoms with E-state index in [0.29, 0.717) is 66.4 Å². The molecule has 1 unspecified atom stereocenters. The minimum atomic E-state index is -1.62. The number of halogens is 2. The Kier molecular flexibility index (Phi) is 6.84. The lowest BCUT2D eigenvalue weighted by atomic mass is 9.84. The number of hydrogen-bond donors (Lipinski definition) is 2. The predicted octanol–water partition coefficient (Wildman–Crippen LogP) is 3.26. The highest BCUT2D eigenvalue weighted by molar-refractivity contribution is 5.83. The van der Waals surface area contributed by atoms with E-state index in [9.17, 15) is 19.0 Å². The number of hydrogen-bond acceptors (Lipinski definition) is 8. The maximum atomic E-state index is 14.2. The van der Waals surface area contributed by atoms with Crippen molar-refractivity contribution in [2.24, 2.45) is 0 Å². The molecule has 1 aliphatic rings. The number of alkyl halides is 1. The minimum absolute atomic E-state index is 0.214. The van der Waals surface area contributed by atoms with E-state index in [1.54, 1.807) is 30.6 Å². The number of rotatable bonds is 7. The Hall–Kier alpha value is -3.54. The Bertz CT molecular complexity index is 1440. The van der Waals surface area contributed by atoms with E-state index >= 15 is 0 Å². The molecule has 0 amide bonds. The Morgan fingerprint density at radius 3 is 2.37 bits per heavy atom. The van der Waals surface area contributed by atoms with Gasteiger partial charge in [0.1, 0.15) is 22.6 Å². The van der Waals surface area contributed by atoms with E-state index in [2.05, 4.69) is 19.9 Å². The van der Waals surface area contributed by atoms with Gasteiger partial charge in [-0.1, -0.05) is 18.2 Å². The summed E-state index contributed by atoms with van der Waals surface area (Å²) in [7, 11) is 0. The second-order valence-electron chi connectivity index (χ2n) is 10.3. The van der Waals surface area contributed by atoms with Crippen LogP contribution in [0.1, 0.15) is 32.0 Å². The number of anilines is 1. The first-order valence-corrected chi connectivity index (χ1v) is 12.5. The monoisotopic (exact) mass is 523 g/mol. The van der Waals surface area contributed by atoms with Gasteiger partial charge in [0.05, 0.1) is 29.2 Å². The summed E-state index contributed by atoms with van der Waals surface area (Å²) in [5.41, 5.74) is 0.0176. The molecule has 0 aliphatic carbocycles. The number of nitrogens with zero attached hydrogens (tertiary/aromatic N) is 7. The molecule has 200 valence electrons. The zero-order chi connectivity index (χ0) is 27.1. The van der Waals surface area contributed by atoms with Gasteiger partial charge >= 0.3 is 0 Å². The summed E-state index contributed by atoms with van der Waals surface area (Å²) in [5, 5.41) is 25.5. The summed E-state index contributed by atoms with van der Waals surface area (Å²) < 4.78 is 28.6. The van der Waals surface area contributed by atoms with Crippen LogP contribution in [0.2, 0.25) is 0 Å². The average molecular weight is 524 g/mol. The fourth-order valence-corrected chi connectivity index (χ4v) is 4.48. The van der Waals surface area contributed by atoms with Gasteiger partial charge in [0.2, 0.25) is 0 Å². The first-order chi connectivity index (χ1) is 18.1. The molecule has 9 nitrogen and oxygen atoms in total. The molecule has 4 heterocycles. The van der Waals surface area contributed by atoms with Crippen molar-refractivity contribution < 1.29 is 19.0 Å². The van der Waals surface area contributed by atoms with Crippen LogP contribution in [0.5, 0.6) is 0 Å². The standard InChI is InChI=1S/C27H31F2N7O2/c1-26(2,37)27(3,38)23-12-21-22(14-30-23)32-24(19-13-31-36(16-19)17-28)25(33-21)35-10-8-34(9-11-35)15-18-6-4-5-7-20(18)29/h4-7,12-14,16,37-38H,8-11,15,17H2,1-3H3. The molecule has 1 aromatic carbocycles. The lowest BCUT2D eigenvalue weighted by Gasteiger charge is -2.36. The molecule has 0 saturated carbocycles. The molecular formula is C27H31F2N7O2. The quantitative estimate of drug-likeness (QED) is 0.381. The van der Waals surface area contributed by atoms with Crippen LogP contribution in [0.25, 0.3) is 22.3 Å². The molecule has 1 atom stereocenters. The highest BCUT2D eigenvalue weighted by Gasteiger charge is 2.40. The minimum Gasteiger partial charge on any atom is -0.387 e. The third-order valence-corrected chi connectivity index (χ3v) is 7.28. The molecular weight excluding hydrogens is 492 g/mol. The first-order valence-electron chi connectivity index (χ1n) is 12.5. The van der Waals surface area contributed by atoms with Crippen LogP contribution in [0.4, 0.5) is 14.6 Å². The van der Waals surface area contributed by atoms with Crippen LogP contribution >= 0.6 is 0 Å². The second kappa shape index (κ2) is 9.97. The van der Waals surface area contributed by atoms with Gasteiger partial charge in [-0.15, -0.1) is 0 Å². The SMILES string of the molecule is CC(C)(O)C(C)(O)c1cc2nc(N3CCN(Cc4ccccc4F)CC3)c(-c3cnn(CF)c3)nc2cn1. The maximum absolute atomic E-state index is 14.2. The second-order valence-corrected chi connectivity index (χ2v) is 10.3. The van der Waals surface area contributed by atoms with Gasteiger partial charge in [0.25, 0.3) is 0 Å².